The van der Waals surface area contributed by atoms with Gasteiger partial charge in [0.15, 0.2) is 11.5 Å². The molecule has 0 radical (unpaired) electrons. The molecule has 0 aliphatic heterocycles. The van der Waals surface area contributed by atoms with E-state index in [0.29, 0.717) is 5.56 Å². The van der Waals surface area contributed by atoms with Gasteiger partial charge in [0.05, 0.1) is 25.4 Å². The van der Waals surface area contributed by atoms with Crippen LogP contribution in [0, 0.1) is 16.2 Å². The van der Waals surface area contributed by atoms with Crippen molar-refractivity contribution in [2.24, 2.45) is 16.2 Å². The summed E-state index contributed by atoms with van der Waals surface area (Å²) in [5.74, 6) is -1.53. The van der Waals surface area contributed by atoms with Crippen LogP contribution in [0.25, 0.3) is 0 Å². The third-order valence-electron chi connectivity index (χ3n) is 5.07. The molecule has 0 heterocycles. The fraction of sp³-hybridized carbons (Fsp3) is 0.655. The highest BCUT2D eigenvalue weighted by atomic mass is 16.6. The number of carbonyl (C=O) groups excluding carboxylic acids is 4. The zero-order valence-corrected chi connectivity index (χ0v) is 24.6. The zero-order chi connectivity index (χ0) is 29.3. The summed E-state index contributed by atoms with van der Waals surface area (Å²) in [4.78, 5) is 49.5. The molecule has 0 unspecified atom stereocenters. The van der Waals surface area contributed by atoms with Gasteiger partial charge < -0.3 is 24.3 Å². The largest absolute Gasteiger partial charge is 0.468 e. The summed E-state index contributed by atoms with van der Waals surface area (Å²) in [5.41, 5.74) is -0.552. The van der Waals surface area contributed by atoms with Gasteiger partial charge in [0, 0.05) is 6.54 Å². The smallest absolute Gasteiger partial charge is 0.323 e. The van der Waals surface area contributed by atoms with Crippen LogP contribution in [-0.4, -0.2) is 50.2 Å². The molecule has 1 N–H and O–H groups in total. The number of carbonyl (C=O) groups is 4. The van der Waals surface area contributed by atoms with E-state index in [0.717, 1.165) is 0 Å². The highest BCUT2D eigenvalue weighted by Gasteiger charge is 2.25. The number of rotatable bonds is 11. The summed E-state index contributed by atoms with van der Waals surface area (Å²) in [7, 11) is 1.29. The van der Waals surface area contributed by atoms with Crippen molar-refractivity contribution in [2.75, 3.05) is 20.3 Å². The third-order valence-corrected chi connectivity index (χ3v) is 5.07. The van der Waals surface area contributed by atoms with Crippen LogP contribution in [0.3, 0.4) is 0 Å². The van der Waals surface area contributed by atoms with E-state index in [1.165, 1.54) is 7.11 Å². The van der Waals surface area contributed by atoms with E-state index in [4.69, 9.17) is 18.9 Å². The molecule has 9 nitrogen and oxygen atoms in total. The molecule has 9 heteroatoms. The monoisotopic (exact) mass is 535 g/mol. The molecular formula is C29H45NO8. The lowest BCUT2D eigenvalue weighted by atomic mass is 9.92. The second kappa shape index (κ2) is 13.7. The van der Waals surface area contributed by atoms with Crippen molar-refractivity contribution in [3.63, 3.8) is 0 Å². The zero-order valence-electron chi connectivity index (χ0n) is 24.6. The number of hydrogen-bond donors (Lipinski definition) is 1. The summed E-state index contributed by atoms with van der Waals surface area (Å²) in [6.45, 7) is 17.1. The Morgan fingerprint density at radius 1 is 0.816 bits per heavy atom. The van der Waals surface area contributed by atoms with Gasteiger partial charge in [-0.25, -0.2) is 0 Å². The van der Waals surface area contributed by atoms with Crippen LogP contribution >= 0.6 is 0 Å². The van der Waals surface area contributed by atoms with Crippen molar-refractivity contribution < 1.29 is 38.1 Å². The highest BCUT2D eigenvalue weighted by molar-refractivity contribution is 5.78. The van der Waals surface area contributed by atoms with Gasteiger partial charge in [-0.3, -0.25) is 19.2 Å². The van der Waals surface area contributed by atoms with E-state index in [1.807, 2.05) is 41.5 Å². The second-order valence-electron chi connectivity index (χ2n) is 12.8. The Balaban J connectivity index is 3.09. The number of hydrogen-bond acceptors (Lipinski definition) is 9. The Kier molecular flexibility index (Phi) is 12.0. The first-order chi connectivity index (χ1) is 17.3. The maximum absolute atomic E-state index is 12.6. The van der Waals surface area contributed by atoms with Crippen LogP contribution in [-0.2, 0) is 35.1 Å². The number of esters is 4. The number of methoxy groups -OCH3 is 1. The molecule has 214 valence electrons. The lowest BCUT2D eigenvalue weighted by molar-refractivity contribution is -0.152. The molecule has 0 amide bonds. The first-order valence-corrected chi connectivity index (χ1v) is 12.8. The molecule has 0 saturated carbocycles. The highest BCUT2D eigenvalue weighted by Crippen LogP contribution is 2.32. The summed E-state index contributed by atoms with van der Waals surface area (Å²) in [5, 5.41) is 3.04. The van der Waals surface area contributed by atoms with Gasteiger partial charge in [-0.15, -0.1) is 0 Å². The normalized spacial score (nSPS) is 12.9. The van der Waals surface area contributed by atoms with E-state index in [2.05, 4.69) is 5.32 Å². The average Bonchev–Trinajstić information content (AvgIpc) is 2.73. The Morgan fingerprint density at radius 2 is 1.34 bits per heavy atom. The Morgan fingerprint density at radius 3 is 1.82 bits per heavy atom. The number of ether oxygens (including phenoxy) is 4. The van der Waals surface area contributed by atoms with Crippen molar-refractivity contribution in [1.29, 1.82) is 0 Å². The minimum absolute atomic E-state index is 0.0852. The number of nitrogens with one attached hydrogen (secondary N) is 1. The molecule has 0 saturated heterocycles. The summed E-state index contributed by atoms with van der Waals surface area (Å²) in [6, 6.07) is 4.07. The topological polar surface area (TPSA) is 117 Å². The van der Waals surface area contributed by atoms with E-state index >= 15 is 0 Å². The molecular weight excluding hydrogens is 490 g/mol. The molecule has 38 heavy (non-hydrogen) atoms. The SMILES string of the molecule is COC(=O)[C@H](Cc1ccc(OC(=O)CC(C)(C)C)c(OC(=O)CC(C)(C)C)c1)NCCOC(=O)C(C)(C)C. The molecule has 0 aliphatic carbocycles. The van der Waals surface area contributed by atoms with E-state index in [1.54, 1.807) is 39.0 Å². The van der Waals surface area contributed by atoms with Crippen molar-refractivity contribution in [3.05, 3.63) is 23.8 Å². The van der Waals surface area contributed by atoms with Crippen LogP contribution in [0.4, 0.5) is 0 Å². The third kappa shape index (κ3) is 13.0. The Labute approximate surface area is 226 Å². The van der Waals surface area contributed by atoms with Gasteiger partial charge in [0.1, 0.15) is 12.6 Å². The van der Waals surface area contributed by atoms with Gasteiger partial charge in [-0.2, -0.15) is 0 Å². The molecule has 0 fully saturated rings. The standard InChI is InChI=1S/C29H45NO8/c1-27(2,3)17-23(31)37-21-12-11-19(16-22(21)38-24(32)18-28(4,5)6)15-20(25(33)35-10)30-13-14-36-26(34)29(7,8)9/h11-12,16,20,30H,13-15,17-18H2,1-10H3/t20-/m0/s1. The number of benzene rings is 1. The van der Waals surface area contributed by atoms with E-state index < -0.39 is 29.4 Å². The first kappa shape index (κ1) is 33.1. The molecule has 1 aromatic rings. The first-order valence-electron chi connectivity index (χ1n) is 12.8. The maximum atomic E-state index is 12.6. The molecule has 0 bridgehead atoms. The Hall–Kier alpha value is -2.94. The second-order valence-corrected chi connectivity index (χ2v) is 12.8. The lowest BCUT2D eigenvalue weighted by Gasteiger charge is -2.21. The predicted molar refractivity (Wildman–Crippen MR) is 144 cm³/mol. The van der Waals surface area contributed by atoms with Crippen LogP contribution in [0.2, 0.25) is 0 Å². The minimum Gasteiger partial charge on any atom is -0.468 e. The summed E-state index contributed by atoms with van der Waals surface area (Å²) >= 11 is 0. The van der Waals surface area contributed by atoms with Crippen LogP contribution < -0.4 is 14.8 Å². The maximum Gasteiger partial charge on any atom is 0.323 e. The minimum atomic E-state index is -0.749. The predicted octanol–water partition coefficient (Wildman–Crippen LogP) is 4.63. The molecule has 1 atom stereocenters. The summed E-state index contributed by atoms with van der Waals surface area (Å²) in [6.07, 6.45) is 0.532. The van der Waals surface area contributed by atoms with Crippen molar-refractivity contribution in [3.8, 4) is 11.5 Å². The molecule has 1 rings (SSSR count). The van der Waals surface area contributed by atoms with E-state index in [9.17, 15) is 19.2 Å². The fourth-order valence-electron chi connectivity index (χ4n) is 3.24. The van der Waals surface area contributed by atoms with Crippen molar-refractivity contribution in [1.82, 2.24) is 5.32 Å². The van der Waals surface area contributed by atoms with E-state index in [-0.39, 0.29) is 60.7 Å². The van der Waals surface area contributed by atoms with Crippen molar-refractivity contribution in [2.45, 2.75) is 87.6 Å². The molecule has 0 spiro atoms. The van der Waals surface area contributed by atoms with Gasteiger partial charge in [0.2, 0.25) is 0 Å². The molecule has 1 aromatic carbocycles. The quantitative estimate of drug-likeness (QED) is 0.246. The molecule has 0 aliphatic rings. The van der Waals surface area contributed by atoms with Crippen LogP contribution in [0.5, 0.6) is 11.5 Å². The van der Waals surface area contributed by atoms with Gasteiger partial charge in [-0.05, 0) is 55.7 Å². The van der Waals surface area contributed by atoms with Crippen molar-refractivity contribution >= 4 is 23.9 Å². The average molecular weight is 536 g/mol. The lowest BCUT2D eigenvalue weighted by Crippen LogP contribution is -2.41. The van der Waals surface area contributed by atoms with Gasteiger partial charge >= 0.3 is 23.9 Å². The van der Waals surface area contributed by atoms with Gasteiger partial charge in [0.25, 0.3) is 0 Å². The molecule has 0 aromatic heterocycles. The fourth-order valence-corrected chi connectivity index (χ4v) is 3.24. The summed E-state index contributed by atoms with van der Waals surface area (Å²) < 4.78 is 21.3. The van der Waals surface area contributed by atoms with Crippen LogP contribution in [0.1, 0.15) is 80.7 Å². The van der Waals surface area contributed by atoms with Gasteiger partial charge in [-0.1, -0.05) is 47.6 Å². The van der Waals surface area contributed by atoms with Crippen LogP contribution in [0.15, 0.2) is 18.2 Å². The Bertz CT molecular complexity index is 980.